The maximum absolute atomic E-state index is 13.2. The molecule has 1 saturated heterocycles. The molecular formula is C22H21N3O3S. The Hall–Kier alpha value is -2.77. The zero-order chi connectivity index (χ0) is 20.0. The maximum atomic E-state index is 13.2. The van der Waals surface area contributed by atoms with Gasteiger partial charge in [0.05, 0.1) is 17.3 Å². The quantitative estimate of drug-likeness (QED) is 0.662. The highest BCUT2D eigenvalue weighted by Gasteiger charge is 2.50. The van der Waals surface area contributed by atoms with E-state index in [0.29, 0.717) is 30.4 Å². The van der Waals surface area contributed by atoms with E-state index < -0.39 is 15.1 Å². The van der Waals surface area contributed by atoms with Crippen LogP contribution in [0.25, 0.3) is 11.1 Å². The number of rotatable bonds is 4. The Morgan fingerprint density at radius 1 is 1.10 bits per heavy atom. The zero-order valence-corrected chi connectivity index (χ0v) is 16.8. The molecule has 0 amide bonds. The Bertz CT molecular complexity index is 1160. The number of hydrogen-bond donors (Lipinski definition) is 0. The fraction of sp³-hybridized carbons (Fsp3) is 0.273. The highest BCUT2D eigenvalue weighted by molar-refractivity contribution is 7.92. The first kappa shape index (κ1) is 18.3. The summed E-state index contributed by atoms with van der Waals surface area (Å²) in [6, 6.07) is 13.4. The number of ether oxygens (including phenoxy) is 1. The normalized spacial score (nSPS) is 22.2. The third-order valence-corrected chi connectivity index (χ3v) is 8.15. The summed E-state index contributed by atoms with van der Waals surface area (Å²) in [6.07, 6.45) is 5.24. The summed E-state index contributed by atoms with van der Waals surface area (Å²) in [5, 5.41) is -0.399. The largest absolute Gasteiger partial charge is 0.481 e. The molecule has 0 saturated carbocycles. The number of nitrogens with zero attached hydrogens (tertiary/aromatic N) is 3. The number of methoxy groups -OCH3 is 1. The third kappa shape index (κ3) is 3.01. The van der Waals surface area contributed by atoms with Crippen molar-refractivity contribution in [1.82, 2.24) is 14.9 Å². The van der Waals surface area contributed by atoms with E-state index in [1.54, 1.807) is 31.8 Å². The monoisotopic (exact) mass is 407 g/mol. The summed E-state index contributed by atoms with van der Waals surface area (Å²) in [5.74, 6) is 0.570. The van der Waals surface area contributed by atoms with Crippen LogP contribution >= 0.6 is 0 Å². The van der Waals surface area contributed by atoms with E-state index in [1.807, 2.05) is 36.4 Å². The van der Waals surface area contributed by atoms with Gasteiger partial charge in [0.15, 0.2) is 9.84 Å². The molecule has 0 unspecified atom stereocenters. The number of aromatic nitrogens is 2. The molecule has 3 aromatic rings. The van der Waals surface area contributed by atoms with Gasteiger partial charge >= 0.3 is 0 Å². The van der Waals surface area contributed by atoms with Gasteiger partial charge in [-0.3, -0.25) is 9.88 Å². The molecule has 5 rings (SSSR count). The Kier molecular flexibility index (Phi) is 4.37. The lowest BCUT2D eigenvalue weighted by atomic mass is 9.95. The van der Waals surface area contributed by atoms with Crippen LogP contribution in [0.2, 0.25) is 0 Å². The second-order valence-corrected chi connectivity index (χ2v) is 9.69. The molecule has 1 fully saturated rings. The van der Waals surface area contributed by atoms with E-state index in [9.17, 15) is 8.42 Å². The lowest BCUT2D eigenvalue weighted by Crippen LogP contribution is -2.26. The van der Waals surface area contributed by atoms with Crippen LogP contribution in [0.5, 0.6) is 5.88 Å². The van der Waals surface area contributed by atoms with Crippen molar-refractivity contribution in [3.05, 3.63) is 72.2 Å². The summed E-state index contributed by atoms with van der Waals surface area (Å²) in [6.45, 7) is 1.84. The van der Waals surface area contributed by atoms with Gasteiger partial charge in [-0.25, -0.2) is 13.4 Å². The molecule has 1 aromatic carbocycles. The molecule has 2 atom stereocenters. The first-order valence-electron chi connectivity index (χ1n) is 9.56. The molecule has 2 aliphatic rings. The van der Waals surface area contributed by atoms with Crippen molar-refractivity contribution in [1.29, 1.82) is 0 Å². The predicted octanol–water partition coefficient (Wildman–Crippen LogP) is 2.91. The number of likely N-dealkylation sites (tertiary alicyclic amines) is 1. The van der Waals surface area contributed by atoms with Crippen LogP contribution in [0.4, 0.5) is 0 Å². The van der Waals surface area contributed by atoms with Gasteiger partial charge in [-0.2, -0.15) is 0 Å². The van der Waals surface area contributed by atoms with Crippen molar-refractivity contribution in [2.75, 3.05) is 20.2 Å². The van der Waals surface area contributed by atoms with Gasteiger partial charge in [0.2, 0.25) is 5.88 Å². The maximum Gasteiger partial charge on any atom is 0.217 e. The number of fused-ring (bicyclic) bond motifs is 3. The van der Waals surface area contributed by atoms with Crippen LogP contribution in [-0.2, 0) is 16.4 Å². The van der Waals surface area contributed by atoms with E-state index in [1.165, 1.54) is 0 Å². The smallest absolute Gasteiger partial charge is 0.217 e. The standard InChI is InChI=1S/C22H21N3O3S/c1-28-22-17(5-3-9-24-22)12-25-13-19-18-10-15(16-4-2-8-23-11-16)6-7-20(18)29(26,27)21(19)14-25/h2-11,19,21H,12-14H2,1H3/t19-,21-/m0/s1. The molecule has 2 aliphatic heterocycles. The van der Waals surface area contributed by atoms with Gasteiger partial charge < -0.3 is 4.74 Å². The Morgan fingerprint density at radius 2 is 1.97 bits per heavy atom. The molecule has 0 aliphatic carbocycles. The van der Waals surface area contributed by atoms with Crippen molar-refractivity contribution >= 4 is 9.84 Å². The topological polar surface area (TPSA) is 72.4 Å². The summed E-state index contributed by atoms with van der Waals surface area (Å²) in [5.41, 5.74) is 3.89. The van der Waals surface area contributed by atoms with Gasteiger partial charge in [0.25, 0.3) is 0 Å². The SMILES string of the molecule is COc1ncccc1CN1C[C@H]2c3cc(-c4cccnc4)ccc3S(=O)(=O)[C@H]2C1. The second-order valence-electron chi connectivity index (χ2n) is 7.55. The average Bonchev–Trinajstić information content (AvgIpc) is 3.26. The molecule has 7 heteroatoms. The molecule has 4 heterocycles. The summed E-state index contributed by atoms with van der Waals surface area (Å²) >= 11 is 0. The van der Waals surface area contributed by atoms with Crippen LogP contribution in [0.1, 0.15) is 17.0 Å². The highest BCUT2D eigenvalue weighted by atomic mass is 32.2. The van der Waals surface area contributed by atoms with E-state index in [4.69, 9.17) is 4.74 Å². The Morgan fingerprint density at radius 3 is 2.76 bits per heavy atom. The molecule has 0 radical (unpaired) electrons. The van der Waals surface area contributed by atoms with E-state index in [0.717, 1.165) is 22.3 Å². The molecule has 0 bridgehead atoms. The molecule has 29 heavy (non-hydrogen) atoms. The number of benzene rings is 1. The molecule has 0 N–H and O–H groups in total. The predicted molar refractivity (Wildman–Crippen MR) is 109 cm³/mol. The van der Waals surface area contributed by atoms with E-state index in [2.05, 4.69) is 14.9 Å². The molecule has 6 nitrogen and oxygen atoms in total. The lowest BCUT2D eigenvalue weighted by molar-refractivity contribution is 0.313. The summed E-state index contributed by atoms with van der Waals surface area (Å²) in [4.78, 5) is 11.1. The summed E-state index contributed by atoms with van der Waals surface area (Å²) < 4.78 is 31.7. The van der Waals surface area contributed by atoms with Crippen molar-refractivity contribution in [2.24, 2.45) is 0 Å². The van der Waals surface area contributed by atoms with Gasteiger partial charge in [0.1, 0.15) is 0 Å². The van der Waals surface area contributed by atoms with Gasteiger partial charge in [-0.15, -0.1) is 0 Å². The fourth-order valence-corrected chi connectivity index (χ4v) is 6.73. The molecule has 0 spiro atoms. The second kappa shape index (κ2) is 6.93. The van der Waals surface area contributed by atoms with E-state index in [-0.39, 0.29) is 5.92 Å². The van der Waals surface area contributed by atoms with Gasteiger partial charge in [-0.1, -0.05) is 18.2 Å². The zero-order valence-electron chi connectivity index (χ0n) is 16.0. The molecule has 148 valence electrons. The highest BCUT2D eigenvalue weighted by Crippen LogP contribution is 2.46. The van der Waals surface area contributed by atoms with E-state index >= 15 is 0 Å². The first-order valence-corrected chi connectivity index (χ1v) is 11.1. The molecule has 2 aromatic heterocycles. The van der Waals surface area contributed by atoms with Crippen molar-refractivity contribution < 1.29 is 13.2 Å². The Labute approximate surface area is 170 Å². The van der Waals surface area contributed by atoms with Gasteiger partial charge in [0, 0.05) is 49.7 Å². The number of hydrogen-bond acceptors (Lipinski definition) is 6. The van der Waals surface area contributed by atoms with Crippen LogP contribution in [-0.4, -0.2) is 48.7 Å². The van der Waals surface area contributed by atoms with Gasteiger partial charge in [-0.05, 0) is 41.0 Å². The minimum Gasteiger partial charge on any atom is -0.481 e. The number of pyridine rings is 2. The average molecular weight is 407 g/mol. The van der Waals surface area contributed by atoms with Crippen molar-refractivity contribution in [2.45, 2.75) is 22.6 Å². The lowest BCUT2D eigenvalue weighted by Gasteiger charge is -2.18. The van der Waals surface area contributed by atoms with Crippen molar-refractivity contribution in [3.8, 4) is 17.0 Å². The Balaban J connectivity index is 1.47. The summed E-state index contributed by atoms with van der Waals surface area (Å²) in [7, 11) is -1.72. The van der Waals surface area contributed by atoms with Crippen molar-refractivity contribution in [3.63, 3.8) is 0 Å². The van der Waals surface area contributed by atoms with Crippen LogP contribution < -0.4 is 4.74 Å². The van der Waals surface area contributed by atoms with Crippen LogP contribution in [0.3, 0.4) is 0 Å². The first-order chi connectivity index (χ1) is 14.1. The van der Waals surface area contributed by atoms with Crippen LogP contribution in [0, 0.1) is 0 Å². The molecular weight excluding hydrogens is 386 g/mol. The third-order valence-electron chi connectivity index (χ3n) is 5.89. The van der Waals surface area contributed by atoms with Crippen LogP contribution in [0.15, 0.2) is 66.0 Å². The minimum absolute atomic E-state index is 0.0192. The number of sulfone groups is 1. The minimum atomic E-state index is -3.33. The fourth-order valence-electron chi connectivity index (χ4n) is 4.54.